The molecule has 118 valence electrons. The smallest absolute Gasteiger partial charge is 0.156 e. The van der Waals surface area contributed by atoms with Crippen LogP contribution >= 0.6 is 22.6 Å². The van der Waals surface area contributed by atoms with Gasteiger partial charge in [0, 0.05) is 43.6 Å². The van der Waals surface area contributed by atoms with E-state index in [1.165, 1.54) is 11.3 Å². The summed E-state index contributed by atoms with van der Waals surface area (Å²) in [4.78, 5) is 9.28. The first-order chi connectivity index (χ1) is 11.2. The molecule has 3 aromatic rings. The van der Waals surface area contributed by atoms with Crippen LogP contribution in [0.4, 0.5) is 5.69 Å². The van der Waals surface area contributed by atoms with E-state index in [0.717, 1.165) is 46.5 Å². The second-order valence-corrected chi connectivity index (χ2v) is 6.99. The lowest BCUT2D eigenvalue weighted by molar-refractivity contribution is 0.313. The summed E-state index contributed by atoms with van der Waals surface area (Å²) in [6.07, 6.45) is 1.90. The molecule has 0 unspecified atom stereocenters. The molecular formula is C17H18IN5. The number of H-pyrrole nitrogens is 1. The largest absolute Gasteiger partial charge is 0.369 e. The summed E-state index contributed by atoms with van der Waals surface area (Å²) in [7, 11) is 2.18. The number of nitrogens with zero attached hydrogens (tertiary/aromatic N) is 4. The number of hydrogen-bond acceptors (Lipinski definition) is 4. The third kappa shape index (κ3) is 2.92. The van der Waals surface area contributed by atoms with Gasteiger partial charge in [-0.05, 0) is 53.4 Å². The van der Waals surface area contributed by atoms with Crippen molar-refractivity contribution in [1.82, 2.24) is 20.1 Å². The molecule has 0 radical (unpaired) electrons. The van der Waals surface area contributed by atoms with E-state index in [9.17, 15) is 0 Å². The predicted molar refractivity (Wildman–Crippen MR) is 102 cm³/mol. The van der Waals surface area contributed by atoms with Crippen molar-refractivity contribution in [3.05, 3.63) is 40.2 Å². The van der Waals surface area contributed by atoms with Gasteiger partial charge < -0.3 is 9.80 Å². The van der Waals surface area contributed by atoms with E-state index in [4.69, 9.17) is 0 Å². The highest BCUT2D eigenvalue weighted by Crippen LogP contribution is 2.26. The monoisotopic (exact) mass is 419 g/mol. The molecule has 6 heteroatoms. The van der Waals surface area contributed by atoms with E-state index in [-0.39, 0.29) is 0 Å². The van der Waals surface area contributed by atoms with Gasteiger partial charge in [-0.25, -0.2) is 4.98 Å². The maximum atomic E-state index is 4.46. The first-order valence-electron chi connectivity index (χ1n) is 7.74. The van der Waals surface area contributed by atoms with Crippen molar-refractivity contribution >= 4 is 39.3 Å². The topological polar surface area (TPSA) is 48.0 Å². The number of aromatic amines is 1. The van der Waals surface area contributed by atoms with Crippen LogP contribution in [-0.2, 0) is 0 Å². The maximum Gasteiger partial charge on any atom is 0.156 e. The van der Waals surface area contributed by atoms with Crippen LogP contribution in [0, 0.1) is 3.70 Å². The quantitative estimate of drug-likeness (QED) is 0.649. The van der Waals surface area contributed by atoms with Gasteiger partial charge in [-0.3, -0.25) is 5.10 Å². The third-order valence-electron chi connectivity index (χ3n) is 4.44. The third-order valence-corrected chi connectivity index (χ3v) is 5.26. The number of anilines is 1. The van der Waals surface area contributed by atoms with E-state index < -0.39 is 0 Å². The molecule has 0 spiro atoms. The van der Waals surface area contributed by atoms with Gasteiger partial charge in [0.1, 0.15) is 3.70 Å². The van der Waals surface area contributed by atoms with Crippen molar-refractivity contribution in [2.45, 2.75) is 0 Å². The van der Waals surface area contributed by atoms with Gasteiger partial charge in [-0.1, -0.05) is 12.1 Å². The van der Waals surface area contributed by atoms with E-state index in [1.54, 1.807) is 0 Å². The van der Waals surface area contributed by atoms with E-state index >= 15 is 0 Å². The van der Waals surface area contributed by atoms with E-state index in [1.807, 2.05) is 6.20 Å². The lowest BCUT2D eigenvalue weighted by Crippen LogP contribution is -2.44. The Balaban J connectivity index is 1.60. The number of pyridine rings is 1. The van der Waals surface area contributed by atoms with Gasteiger partial charge in [0.05, 0.1) is 5.39 Å². The molecule has 0 atom stereocenters. The number of nitrogens with one attached hydrogen (secondary N) is 1. The SMILES string of the molecule is CN1CCN(c2ccc(-c3cnc4[nH]nc(I)c4c3)cc2)CC1. The molecule has 4 rings (SSSR count). The molecule has 1 N–H and O–H groups in total. The van der Waals surface area contributed by atoms with Gasteiger partial charge in [-0.2, -0.15) is 5.10 Å². The van der Waals surface area contributed by atoms with Gasteiger partial charge in [-0.15, -0.1) is 0 Å². The predicted octanol–water partition coefficient (Wildman–Crippen LogP) is 2.98. The lowest BCUT2D eigenvalue weighted by Gasteiger charge is -2.34. The zero-order valence-electron chi connectivity index (χ0n) is 13.0. The summed E-state index contributed by atoms with van der Waals surface area (Å²) in [5, 5.41) is 8.22. The maximum absolute atomic E-state index is 4.46. The van der Waals surface area contributed by atoms with Crippen molar-refractivity contribution in [3.8, 4) is 11.1 Å². The summed E-state index contributed by atoms with van der Waals surface area (Å²) in [5.74, 6) is 0. The Kier molecular flexibility index (Phi) is 3.94. The molecular weight excluding hydrogens is 401 g/mol. The van der Waals surface area contributed by atoms with Gasteiger partial charge in [0.15, 0.2) is 5.65 Å². The van der Waals surface area contributed by atoms with Crippen molar-refractivity contribution in [2.75, 3.05) is 38.1 Å². The summed E-state index contributed by atoms with van der Waals surface area (Å²) >= 11 is 2.23. The normalized spacial score (nSPS) is 16.2. The molecule has 0 amide bonds. The Morgan fingerprint density at radius 1 is 1.04 bits per heavy atom. The Labute approximate surface area is 148 Å². The number of piperazine rings is 1. The van der Waals surface area contributed by atoms with Crippen LogP contribution in [0.2, 0.25) is 0 Å². The van der Waals surface area contributed by atoms with Crippen LogP contribution in [0.5, 0.6) is 0 Å². The minimum Gasteiger partial charge on any atom is -0.369 e. The summed E-state index contributed by atoms with van der Waals surface area (Å²) in [5.41, 5.74) is 4.46. The molecule has 5 nitrogen and oxygen atoms in total. The second-order valence-electron chi connectivity index (χ2n) is 5.97. The van der Waals surface area contributed by atoms with Crippen molar-refractivity contribution in [2.24, 2.45) is 0 Å². The average molecular weight is 419 g/mol. The molecule has 0 bridgehead atoms. The van der Waals surface area contributed by atoms with E-state index in [2.05, 4.69) is 85.0 Å². The molecule has 1 saturated heterocycles. The first-order valence-corrected chi connectivity index (χ1v) is 8.82. The summed E-state index contributed by atoms with van der Waals surface area (Å²) < 4.78 is 0.959. The van der Waals surface area contributed by atoms with Crippen molar-refractivity contribution in [1.29, 1.82) is 0 Å². The molecule has 1 aromatic carbocycles. The summed E-state index contributed by atoms with van der Waals surface area (Å²) in [6.45, 7) is 4.44. The number of rotatable bonds is 2. The fourth-order valence-electron chi connectivity index (χ4n) is 2.96. The van der Waals surface area contributed by atoms with Gasteiger partial charge in [0.2, 0.25) is 0 Å². The van der Waals surface area contributed by atoms with Crippen LogP contribution in [0.3, 0.4) is 0 Å². The zero-order valence-corrected chi connectivity index (χ0v) is 15.1. The Bertz CT molecular complexity index is 819. The molecule has 3 heterocycles. The minimum atomic E-state index is 0.840. The second kappa shape index (κ2) is 6.09. The fraction of sp³-hybridized carbons (Fsp3) is 0.294. The molecule has 23 heavy (non-hydrogen) atoms. The Hall–Kier alpha value is -1.67. The number of halogens is 1. The average Bonchev–Trinajstić information content (AvgIpc) is 2.96. The Morgan fingerprint density at radius 3 is 2.52 bits per heavy atom. The molecule has 1 fully saturated rings. The van der Waals surface area contributed by atoms with Gasteiger partial charge >= 0.3 is 0 Å². The number of hydrogen-bond donors (Lipinski definition) is 1. The van der Waals surface area contributed by atoms with Crippen LogP contribution in [0.15, 0.2) is 36.5 Å². The fourth-order valence-corrected chi connectivity index (χ4v) is 3.49. The first kappa shape index (κ1) is 14.9. The van der Waals surface area contributed by atoms with Gasteiger partial charge in [0.25, 0.3) is 0 Å². The highest BCUT2D eigenvalue weighted by Gasteiger charge is 2.14. The highest BCUT2D eigenvalue weighted by atomic mass is 127. The van der Waals surface area contributed by atoms with E-state index in [0.29, 0.717) is 0 Å². The molecule has 0 saturated carbocycles. The molecule has 0 aliphatic carbocycles. The standard InChI is InChI=1S/C17H18IN5/c1-22-6-8-23(9-7-22)14-4-2-12(3-5-14)13-10-15-16(18)20-21-17(15)19-11-13/h2-5,10-11H,6-9H2,1H3,(H,19,20,21). The number of fused-ring (bicyclic) bond motifs is 1. The number of likely N-dealkylation sites (N-methyl/N-ethyl adjacent to an activating group) is 1. The zero-order chi connectivity index (χ0) is 15.8. The van der Waals surface area contributed by atoms with Crippen LogP contribution in [-0.4, -0.2) is 53.3 Å². The molecule has 1 aliphatic rings. The van der Waals surface area contributed by atoms with Crippen molar-refractivity contribution in [3.63, 3.8) is 0 Å². The summed E-state index contributed by atoms with van der Waals surface area (Å²) in [6, 6.07) is 10.9. The highest BCUT2D eigenvalue weighted by molar-refractivity contribution is 14.1. The number of benzene rings is 1. The molecule has 2 aromatic heterocycles. The minimum absolute atomic E-state index is 0.840. The van der Waals surface area contributed by atoms with Crippen LogP contribution in [0.1, 0.15) is 0 Å². The Morgan fingerprint density at radius 2 is 1.78 bits per heavy atom. The van der Waals surface area contributed by atoms with Crippen LogP contribution in [0.25, 0.3) is 22.2 Å². The number of aromatic nitrogens is 3. The van der Waals surface area contributed by atoms with Crippen molar-refractivity contribution < 1.29 is 0 Å². The van der Waals surface area contributed by atoms with Crippen LogP contribution < -0.4 is 4.90 Å². The molecule has 1 aliphatic heterocycles. The lowest BCUT2D eigenvalue weighted by atomic mass is 10.1.